The zero-order valence-electron chi connectivity index (χ0n) is 11.9. The topological polar surface area (TPSA) is 78.4 Å². The first-order valence-electron chi connectivity index (χ1n) is 6.04. The lowest BCUT2D eigenvalue weighted by Gasteiger charge is -2.22. The van der Waals surface area contributed by atoms with Crippen molar-refractivity contribution in [3.8, 4) is 0 Å². The number of hydrogen-bond donors (Lipinski definition) is 3. The molecule has 0 heterocycles. The molecule has 5 nitrogen and oxygen atoms in total. The third-order valence-corrected chi connectivity index (χ3v) is 2.44. The van der Waals surface area contributed by atoms with Crippen molar-refractivity contribution in [2.75, 3.05) is 5.32 Å². The molecule has 0 bridgehead atoms. The van der Waals surface area contributed by atoms with Gasteiger partial charge in [-0.25, -0.2) is 9.59 Å². The van der Waals surface area contributed by atoms with E-state index in [1.165, 1.54) is 0 Å². The summed E-state index contributed by atoms with van der Waals surface area (Å²) < 4.78 is 0. The van der Waals surface area contributed by atoms with Gasteiger partial charge in [-0.1, -0.05) is 6.07 Å². The number of amides is 2. The van der Waals surface area contributed by atoms with Gasteiger partial charge in [0.15, 0.2) is 0 Å². The summed E-state index contributed by atoms with van der Waals surface area (Å²) in [7, 11) is 0. The Morgan fingerprint density at radius 2 is 1.74 bits per heavy atom. The second kappa shape index (κ2) is 5.30. The Morgan fingerprint density at radius 1 is 1.16 bits per heavy atom. The van der Waals surface area contributed by atoms with E-state index in [9.17, 15) is 14.7 Å². The second-order valence-corrected chi connectivity index (χ2v) is 5.64. The van der Waals surface area contributed by atoms with Gasteiger partial charge in [0.05, 0.1) is 11.3 Å². The maximum atomic E-state index is 11.8. The fraction of sp³-hybridized carbons (Fsp3) is 0.429. The quantitative estimate of drug-likeness (QED) is 0.768. The molecule has 0 aliphatic heterocycles. The van der Waals surface area contributed by atoms with E-state index in [1.54, 1.807) is 13.0 Å². The first kappa shape index (κ1) is 15.0. The first-order valence-corrected chi connectivity index (χ1v) is 6.04. The largest absolute Gasteiger partial charge is 0.478 e. The monoisotopic (exact) mass is 264 g/mol. The molecule has 0 aliphatic rings. The lowest BCUT2D eigenvalue weighted by molar-refractivity contribution is 0.0698. The van der Waals surface area contributed by atoms with E-state index in [1.807, 2.05) is 33.8 Å². The number of carbonyl (C=O) groups excluding carboxylic acids is 1. The summed E-state index contributed by atoms with van der Waals surface area (Å²) in [6, 6.07) is 2.96. The number of aryl methyl sites for hydroxylation is 2. The minimum atomic E-state index is -1.06. The fourth-order valence-corrected chi connectivity index (χ4v) is 1.79. The molecule has 0 atom stereocenters. The van der Waals surface area contributed by atoms with Crippen molar-refractivity contribution in [3.05, 3.63) is 28.8 Å². The van der Waals surface area contributed by atoms with Gasteiger partial charge in [0.2, 0.25) is 0 Å². The van der Waals surface area contributed by atoms with Gasteiger partial charge >= 0.3 is 12.0 Å². The Kier molecular flexibility index (Phi) is 4.19. The molecule has 1 aromatic rings. The highest BCUT2D eigenvalue weighted by Crippen LogP contribution is 2.23. The molecule has 1 rings (SSSR count). The molecule has 0 aliphatic carbocycles. The summed E-state index contributed by atoms with van der Waals surface area (Å²) in [6.07, 6.45) is 0. The van der Waals surface area contributed by atoms with Crippen LogP contribution in [0.5, 0.6) is 0 Å². The standard InChI is InChI=1S/C14H20N2O3/c1-8-6-9(2)11(10(7-8)12(17)18)15-13(19)16-14(3,4)5/h6-7H,1-5H3,(H,17,18)(H2,15,16,19). The van der Waals surface area contributed by atoms with Crippen LogP contribution in [0.15, 0.2) is 12.1 Å². The maximum Gasteiger partial charge on any atom is 0.337 e. The van der Waals surface area contributed by atoms with Crippen molar-refractivity contribution >= 4 is 17.7 Å². The van der Waals surface area contributed by atoms with Crippen LogP contribution in [-0.2, 0) is 0 Å². The number of carbonyl (C=O) groups is 2. The highest BCUT2D eigenvalue weighted by molar-refractivity contribution is 6.01. The van der Waals surface area contributed by atoms with Gasteiger partial charge in [0.1, 0.15) is 0 Å². The third-order valence-electron chi connectivity index (χ3n) is 2.44. The predicted molar refractivity (Wildman–Crippen MR) is 74.8 cm³/mol. The summed E-state index contributed by atoms with van der Waals surface area (Å²) in [6.45, 7) is 9.15. The van der Waals surface area contributed by atoms with Crippen LogP contribution in [0.25, 0.3) is 0 Å². The van der Waals surface area contributed by atoms with E-state index in [-0.39, 0.29) is 11.1 Å². The van der Waals surface area contributed by atoms with Crippen LogP contribution in [0.4, 0.5) is 10.5 Å². The second-order valence-electron chi connectivity index (χ2n) is 5.64. The van der Waals surface area contributed by atoms with Crippen LogP contribution in [-0.4, -0.2) is 22.6 Å². The lowest BCUT2D eigenvalue weighted by Crippen LogP contribution is -2.43. The van der Waals surface area contributed by atoms with E-state index >= 15 is 0 Å². The number of benzene rings is 1. The highest BCUT2D eigenvalue weighted by atomic mass is 16.4. The Labute approximate surface area is 113 Å². The van der Waals surface area contributed by atoms with Gasteiger partial charge in [-0.05, 0) is 51.8 Å². The van der Waals surface area contributed by atoms with Crippen molar-refractivity contribution in [3.63, 3.8) is 0 Å². The normalized spacial score (nSPS) is 11.0. The van der Waals surface area contributed by atoms with Crippen molar-refractivity contribution in [1.82, 2.24) is 5.32 Å². The van der Waals surface area contributed by atoms with Crippen molar-refractivity contribution in [1.29, 1.82) is 0 Å². The zero-order valence-corrected chi connectivity index (χ0v) is 11.9. The number of nitrogens with one attached hydrogen (secondary N) is 2. The van der Waals surface area contributed by atoms with Gasteiger partial charge in [0, 0.05) is 5.54 Å². The van der Waals surface area contributed by atoms with Crippen LogP contribution < -0.4 is 10.6 Å². The van der Waals surface area contributed by atoms with E-state index < -0.39 is 12.0 Å². The highest BCUT2D eigenvalue weighted by Gasteiger charge is 2.18. The third kappa shape index (κ3) is 4.28. The van der Waals surface area contributed by atoms with Crippen LogP contribution in [0.2, 0.25) is 0 Å². The average molecular weight is 264 g/mol. The van der Waals surface area contributed by atoms with Crippen molar-refractivity contribution < 1.29 is 14.7 Å². The molecule has 0 spiro atoms. The molecule has 19 heavy (non-hydrogen) atoms. The van der Waals surface area contributed by atoms with Gasteiger partial charge < -0.3 is 15.7 Å². The summed E-state index contributed by atoms with van der Waals surface area (Å²) in [5.74, 6) is -1.06. The molecule has 3 N–H and O–H groups in total. The molecule has 0 aromatic heterocycles. The molecule has 0 saturated carbocycles. The van der Waals surface area contributed by atoms with Crippen LogP contribution >= 0.6 is 0 Å². The fourth-order valence-electron chi connectivity index (χ4n) is 1.79. The van der Waals surface area contributed by atoms with Crippen LogP contribution in [0.1, 0.15) is 42.3 Å². The zero-order chi connectivity index (χ0) is 14.8. The van der Waals surface area contributed by atoms with Gasteiger partial charge in [-0.2, -0.15) is 0 Å². The SMILES string of the molecule is Cc1cc(C)c(NC(=O)NC(C)(C)C)c(C(=O)O)c1. The number of carboxylic acid groups (broad SMARTS) is 1. The number of anilines is 1. The van der Waals surface area contributed by atoms with E-state index in [2.05, 4.69) is 10.6 Å². The van der Waals surface area contributed by atoms with Crippen molar-refractivity contribution in [2.24, 2.45) is 0 Å². The van der Waals surface area contributed by atoms with Gasteiger partial charge in [-0.3, -0.25) is 0 Å². The minimum absolute atomic E-state index is 0.0987. The minimum Gasteiger partial charge on any atom is -0.478 e. The Morgan fingerprint density at radius 3 is 2.21 bits per heavy atom. The number of urea groups is 1. The molecular formula is C14H20N2O3. The van der Waals surface area contributed by atoms with Crippen LogP contribution in [0, 0.1) is 13.8 Å². The van der Waals surface area contributed by atoms with E-state index in [4.69, 9.17) is 0 Å². The predicted octanol–water partition coefficient (Wildman–Crippen LogP) is 2.92. The number of aromatic carboxylic acids is 1. The molecular weight excluding hydrogens is 244 g/mol. The molecule has 0 saturated heterocycles. The summed E-state index contributed by atoms with van der Waals surface area (Å²) in [4.78, 5) is 23.0. The van der Waals surface area contributed by atoms with Crippen molar-refractivity contribution in [2.45, 2.75) is 40.2 Å². The molecule has 1 aromatic carbocycles. The van der Waals surface area contributed by atoms with Crippen LogP contribution in [0.3, 0.4) is 0 Å². The van der Waals surface area contributed by atoms with E-state index in [0.717, 1.165) is 11.1 Å². The Hall–Kier alpha value is -2.04. The molecule has 5 heteroatoms. The molecule has 104 valence electrons. The summed E-state index contributed by atoms with van der Waals surface area (Å²) >= 11 is 0. The molecule has 0 fully saturated rings. The summed E-state index contributed by atoms with van der Waals surface area (Å²) in [5.41, 5.74) is 1.62. The number of hydrogen-bond acceptors (Lipinski definition) is 2. The maximum absolute atomic E-state index is 11.8. The number of rotatable bonds is 2. The smallest absolute Gasteiger partial charge is 0.337 e. The molecule has 2 amide bonds. The first-order chi connectivity index (χ1) is 8.60. The molecule has 0 unspecified atom stereocenters. The molecule has 0 radical (unpaired) electrons. The average Bonchev–Trinajstić information content (AvgIpc) is 2.18. The Bertz CT molecular complexity index is 516. The van der Waals surface area contributed by atoms with Gasteiger partial charge in [0.25, 0.3) is 0 Å². The summed E-state index contributed by atoms with van der Waals surface area (Å²) in [5, 5.41) is 14.5. The Balaban J connectivity index is 3.07. The number of carboxylic acids is 1. The van der Waals surface area contributed by atoms with E-state index in [0.29, 0.717) is 5.69 Å². The van der Waals surface area contributed by atoms with Gasteiger partial charge in [-0.15, -0.1) is 0 Å². The lowest BCUT2D eigenvalue weighted by atomic mass is 10.0.